The third-order valence-corrected chi connectivity index (χ3v) is 7.14. The SMILES string of the molecule is Cc1c(C(=O)N2CCN(c3ncccn3)CC2)cnc2c1N(Cc1cc(Cl)ccc1C(F)(F)F)CCC2. The maximum atomic E-state index is 13.7. The lowest BCUT2D eigenvalue weighted by molar-refractivity contribution is -0.138. The normalized spacial score (nSPS) is 16.1. The number of anilines is 2. The van der Waals surface area contributed by atoms with Crippen molar-refractivity contribution >= 4 is 29.1 Å². The van der Waals surface area contributed by atoms with Crippen LogP contribution in [0.25, 0.3) is 0 Å². The van der Waals surface area contributed by atoms with Gasteiger partial charge in [0.2, 0.25) is 5.95 Å². The van der Waals surface area contributed by atoms with Crippen LogP contribution in [0.2, 0.25) is 5.02 Å². The summed E-state index contributed by atoms with van der Waals surface area (Å²) in [6.07, 6.45) is 1.96. The summed E-state index contributed by atoms with van der Waals surface area (Å²) in [7, 11) is 0. The molecular weight excluding hydrogens is 505 g/mol. The molecule has 0 aliphatic carbocycles. The zero-order valence-corrected chi connectivity index (χ0v) is 21.1. The zero-order valence-electron chi connectivity index (χ0n) is 20.3. The smallest absolute Gasteiger partial charge is 0.365 e. The van der Waals surface area contributed by atoms with Crippen molar-refractivity contribution in [2.24, 2.45) is 0 Å². The minimum absolute atomic E-state index is 0.0261. The minimum atomic E-state index is -4.49. The minimum Gasteiger partial charge on any atom is -0.365 e. The predicted octanol–water partition coefficient (Wildman–Crippen LogP) is 4.77. The highest BCUT2D eigenvalue weighted by Gasteiger charge is 2.35. The Hall–Kier alpha value is -3.40. The highest BCUT2D eigenvalue weighted by atomic mass is 35.5. The average Bonchev–Trinajstić information content (AvgIpc) is 2.88. The van der Waals surface area contributed by atoms with E-state index in [2.05, 4.69) is 15.0 Å². The number of aryl methyl sites for hydroxylation is 1. The summed E-state index contributed by atoms with van der Waals surface area (Å²) in [5, 5.41) is 0.249. The molecule has 7 nitrogen and oxygen atoms in total. The van der Waals surface area contributed by atoms with E-state index in [1.807, 2.05) is 16.7 Å². The molecule has 0 radical (unpaired) electrons. The van der Waals surface area contributed by atoms with Crippen molar-refractivity contribution in [3.05, 3.63) is 75.8 Å². The third kappa shape index (κ3) is 5.20. The van der Waals surface area contributed by atoms with Crippen molar-refractivity contribution in [1.82, 2.24) is 19.9 Å². The Morgan fingerprint density at radius 2 is 1.78 bits per heavy atom. The summed E-state index contributed by atoms with van der Waals surface area (Å²) in [5.74, 6) is 0.502. The number of halogens is 4. The van der Waals surface area contributed by atoms with Crippen molar-refractivity contribution in [3.63, 3.8) is 0 Å². The number of alkyl halides is 3. The van der Waals surface area contributed by atoms with E-state index in [1.165, 1.54) is 12.1 Å². The highest BCUT2D eigenvalue weighted by Crippen LogP contribution is 2.37. The van der Waals surface area contributed by atoms with Gasteiger partial charge in [-0.2, -0.15) is 13.2 Å². The number of nitrogens with zero attached hydrogens (tertiary/aromatic N) is 6. The van der Waals surface area contributed by atoms with E-state index in [-0.39, 0.29) is 23.0 Å². The first-order chi connectivity index (χ1) is 17.7. The number of piperazine rings is 1. The van der Waals surface area contributed by atoms with Gasteiger partial charge in [-0.05, 0) is 55.2 Å². The Balaban J connectivity index is 1.39. The van der Waals surface area contributed by atoms with Gasteiger partial charge in [0.05, 0.1) is 22.5 Å². The molecule has 11 heteroatoms. The van der Waals surface area contributed by atoms with Crippen LogP contribution >= 0.6 is 11.6 Å². The van der Waals surface area contributed by atoms with E-state index in [9.17, 15) is 18.0 Å². The maximum Gasteiger partial charge on any atom is 0.416 e. The van der Waals surface area contributed by atoms with Gasteiger partial charge < -0.3 is 14.7 Å². The van der Waals surface area contributed by atoms with E-state index in [4.69, 9.17) is 11.6 Å². The van der Waals surface area contributed by atoms with Crippen molar-refractivity contribution < 1.29 is 18.0 Å². The first-order valence-electron chi connectivity index (χ1n) is 12.1. The van der Waals surface area contributed by atoms with Crippen molar-refractivity contribution in [3.8, 4) is 0 Å². The second-order valence-electron chi connectivity index (χ2n) is 9.24. The molecule has 1 aromatic carbocycles. The first kappa shape index (κ1) is 25.3. The summed E-state index contributed by atoms with van der Waals surface area (Å²) < 4.78 is 41.1. The van der Waals surface area contributed by atoms with Gasteiger partial charge in [-0.25, -0.2) is 9.97 Å². The number of hydrogen-bond donors (Lipinski definition) is 0. The van der Waals surface area contributed by atoms with Crippen LogP contribution in [0.3, 0.4) is 0 Å². The number of rotatable bonds is 4. The van der Waals surface area contributed by atoms with Crippen LogP contribution in [-0.4, -0.2) is 58.5 Å². The first-order valence-corrected chi connectivity index (χ1v) is 12.5. The molecule has 2 aromatic heterocycles. The van der Waals surface area contributed by atoms with Crippen molar-refractivity contribution in [2.45, 2.75) is 32.5 Å². The van der Waals surface area contributed by atoms with Gasteiger partial charge >= 0.3 is 6.18 Å². The van der Waals surface area contributed by atoms with Crippen LogP contribution in [0.1, 0.15) is 39.2 Å². The number of pyridine rings is 1. The Labute approximate surface area is 217 Å². The Morgan fingerprint density at radius 3 is 2.49 bits per heavy atom. The van der Waals surface area contributed by atoms with Gasteiger partial charge in [-0.3, -0.25) is 9.78 Å². The van der Waals surface area contributed by atoms with Crippen LogP contribution in [0.15, 0.2) is 42.9 Å². The van der Waals surface area contributed by atoms with Crippen LogP contribution in [0.5, 0.6) is 0 Å². The largest absolute Gasteiger partial charge is 0.416 e. The quantitative estimate of drug-likeness (QED) is 0.484. The molecule has 0 bridgehead atoms. The van der Waals surface area contributed by atoms with Gasteiger partial charge in [0.25, 0.3) is 5.91 Å². The molecule has 0 N–H and O–H groups in total. The molecule has 1 fully saturated rings. The van der Waals surface area contributed by atoms with Crippen molar-refractivity contribution in [1.29, 1.82) is 0 Å². The van der Waals surface area contributed by atoms with E-state index in [0.717, 1.165) is 29.4 Å². The molecule has 3 aromatic rings. The number of aromatic nitrogens is 3. The van der Waals surface area contributed by atoms with Crippen LogP contribution in [0.4, 0.5) is 24.8 Å². The van der Waals surface area contributed by atoms with Crippen LogP contribution in [0, 0.1) is 6.92 Å². The second-order valence-corrected chi connectivity index (χ2v) is 9.68. The molecule has 37 heavy (non-hydrogen) atoms. The standard InChI is InChI=1S/C26H26ClF3N6O/c1-17-20(24(37)34-10-12-35(13-11-34)25-31-7-3-8-32-25)15-33-22-4-2-9-36(23(17)22)16-18-14-19(27)5-6-21(18)26(28,29)30/h3,5-8,14-15H,2,4,9-13,16H2,1H3. The van der Waals surface area contributed by atoms with E-state index >= 15 is 0 Å². The summed E-state index contributed by atoms with van der Waals surface area (Å²) in [4.78, 5) is 32.3. The topological polar surface area (TPSA) is 65.5 Å². The molecule has 0 unspecified atom stereocenters. The van der Waals surface area contributed by atoms with E-state index in [1.54, 1.807) is 29.6 Å². The lowest BCUT2D eigenvalue weighted by atomic mass is 9.98. The molecule has 2 aliphatic rings. The summed E-state index contributed by atoms with van der Waals surface area (Å²) in [5.41, 5.74) is 2.13. The van der Waals surface area contributed by atoms with Gasteiger partial charge in [-0.15, -0.1) is 0 Å². The highest BCUT2D eigenvalue weighted by molar-refractivity contribution is 6.30. The molecule has 5 rings (SSSR count). The molecule has 0 saturated carbocycles. The number of carbonyl (C=O) groups excluding carboxylic acids is 1. The summed E-state index contributed by atoms with van der Waals surface area (Å²) in [6.45, 7) is 4.67. The fourth-order valence-electron chi connectivity index (χ4n) is 5.08. The van der Waals surface area contributed by atoms with Crippen LogP contribution < -0.4 is 9.80 Å². The molecule has 4 heterocycles. The van der Waals surface area contributed by atoms with Gasteiger partial charge in [0, 0.05) is 62.9 Å². The van der Waals surface area contributed by atoms with Crippen LogP contribution in [-0.2, 0) is 19.1 Å². The van der Waals surface area contributed by atoms with Gasteiger partial charge in [-0.1, -0.05) is 11.6 Å². The summed E-state index contributed by atoms with van der Waals surface area (Å²) >= 11 is 6.06. The number of amides is 1. The molecule has 0 spiro atoms. The lowest BCUT2D eigenvalue weighted by Gasteiger charge is -2.36. The van der Waals surface area contributed by atoms with Crippen molar-refractivity contribution in [2.75, 3.05) is 42.5 Å². The predicted molar refractivity (Wildman–Crippen MR) is 135 cm³/mol. The molecule has 2 aliphatic heterocycles. The van der Waals surface area contributed by atoms with E-state index < -0.39 is 11.7 Å². The second kappa shape index (κ2) is 10.2. The molecular formula is C26H26ClF3N6O. The number of carbonyl (C=O) groups is 1. The van der Waals surface area contributed by atoms with Gasteiger partial charge in [0.15, 0.2) is 0 Å². The summed E-state index contributed by atoms with van der Waals surface area (Å²) in [6, 6.07) is 5.40. The Bertz CT molecular complexity index is 1300. The number of hydrogen-bond acceptors (Lipinski definition) is 6. The number of benzene rings is 1. The van der Waals surface area contributed by atoms with Gasteiger partial charge in [0.1, 0.15) is 0 Å². The monoisotopic (exact) mass is 530 g/mol. The fourth-order valence-corrected chi connectivity index (χ4v) is 5.27. The third-order valence-electron chi connectivity index (χ3n) is 6.91. The molecule has 194 valence electrons. The molecule has 1 amide bonds. The maximum absolute atomic E-state index is 13.7. The Kier molecular flexibility index (Phi) is 6.94. The average molecular weight is 531 g/mol. The number of fused-ring (bicyclic) bond motifs is 1. The van der Waals surface area contributed by atoms with E-state index in [0.29, 0.717) is 50.7 Å². The fraction of sp³-hybridized carbons (Fsp3) is 0.385. The molecule has 1 saturated heterocycles. The zero-order chi connectivity index (χ0) is 26.2. The Morgan fingerprint density at radius 1 is 1.05 bits per heavy atom. The lowest BCUT2D eigenvalue weighted by Crippen LogP contribution is -2.49. The molecule has 0 atom stereocenters.